The molecule has 0 radical (unpaired) electrons. The fraction of sp³-hybridized carbons (Fsp3) is 0.667. The summed E-state index contributed by atoms with van der Waals surface area (Å²) in [5.74, 6) is 1.32. The molecule has 0 aliphatic rings. The highest BCUT2D eigenvalue weighted by Crippen LogP contribution is 2.19. The Morgan fingerprint density at radius 3 is 2.00 bits per heavy atom. The van der Waals surface area contributed by atoms with E-state index in [1.165, 1.54) is 0 Å². The molecule has 0 unspecified atom stereocenters. The summed E-state index contributed by atoms with van der Waals surface area (Å²) in [6.07, 6.45) is 5.22. The number of hydrogen-bond donors (Lipinski definition) is 3. The molecule has 1 atom stereocenters. The second kappa shape index (κ2) is 5.09. The summed E-state index contributed by atoms with van der Waals surface area (Å²) in [5.41, 5.74) is -1.39. The first kappa shape index (κ1) is 15.3. The number of carboxylic acid groups (broad SMARTS) is 1. The van der Waals surface area contributed by atoms with Crippen LogP contribution in [0.5, 0.6) is 0 Å². The first-order valence-corrected chi connectivity index (χ1v) is 5.29. The lowest BCUT2D eigenvalue weighted by atomic mass is 9.87. The van der Waals surface area contributed by atoms with Gasteiger partial charge in [-0.3, -0.25) is 0 Å². The topological polar surface area (TPSA) is 78.4 Å². The Hall–Kier alpha value is -1.70. The van der Waals surface area contributed by atoms with Gasteiger partial charge in [-0.15, -0.1) is 6.42 Å². The van der Waals surface area contributed by atoms with Crippen LogP contribution in [0.1, 0.15) is 34.6 Å². The first-order chi connectivity index (χ1) is 7.49. The van der Waals surface area contributed by atoms with Crippen LogP contribution in [0.15, 0.2) is 0 Å². The standard InChI is InChI=1S/C12H20N2O3/c1-7-12(5,6)14-10(17)13-8(9(15)16)11(2,3)4/h1,8H,2-6H3,(H,15,16)(H2,13,14,17)/t8-/m0/s1. The zero-order valence-electron chi connectivity index (χ0n) is 10.9. The lowest BCUT2D eigenvalue weighted by Gasteiger charge is -2.29. The average Bonchev–Trinajstić information content (AvgIpc) is 2.11. The molecule has 0 heterocycles. The zero-order chi connectivity index (χ0) is 13.9. The number of terminal acetylenes is 1. The molecule has 0 aromatic heterocycles. The van der Waals surface area contributed by atoms with Crippen LogP contribution in [-0.4, -0.2) is 28.7 Å². The van der Waals surface area contributed by atoms with Crippen molar-refractivity contribution in [2.45, 2.75) is 46.2 Å². The summed E-state index contributed by atoms with van der Waals surface area (Å²) < 4.78 is 0. The maximum atomic E-state index is 11.6. The Labute approximate surface area is 102 Å². The third kappa shape index (κ3) is 5.25. The predicted octanol–water partition coefficient (Wildman–Crippen LogP) is 1.20. The summed E-state index contributed by atoms with van der Waals surface area (Å²) >= 11 is 0. The van der Waals surface area contributed by atoms with E-state index < -0.39 is 29.0 Å². The highest BCUT2D eigenvalue weighted by atomic mass is 16.4. The minimum Gasteiger partial charge on any atom is -0.480 e. The molecule has 0 bridgehead atoms. The molecule has 0 saturated heterocycles. The van der Waals surface area contributed by atoms with E-state index in [0.29, 0.717) is 0 Å². The number of rotatable bonds is 3. The first-order valence-electron chi connectivity index (χ1n) is 5.29. The number of urea groups is 1. The minimum atomic E-state index is -1.08. The molecule has 0 fully saturated rings. The van der Waals surface area contributed by atoms with E-state index in [0.717, 1.165) is 0 Å². The van der Waals surface area contributed by atoms with Gasteiger partial charge in [0.1, 0.15) is 6.04 Å². The van der Waals surface area contributed by atoms with Crippen molar-refractivity contribution in [3.8, 4) is 12.3 Å². The Morgan fingerprint density at radius 1 is 1.24 bits per heavy atom. The third-order valence-corrected chi connectivity index (χ3v) is 2.18. The van der Waals surface area contributed by atoms with Gasteiger partial charge in [0.2, 0.25) is 0 Å². The SMILES string of the molecule is C#CC(C)(C)NC(=O)N[C@@H](C(=O)O)C(C)(C)C. The highest BCUT2D eigenvalue weighted by molar-refractivity contribution is 5.83. The Morgan fingerprint density at radius 2 is 1.71 bits per heavy atom. The molecular weight excluding hydrogens is 220 g/mol. The van der Waals surface area contributed by atoms with Crippen molar-refractivity contribution in [2.24, 2.45) is 5.41 Å². The van der Waals surface area contributed by atoms with Crippen molar-refractivity contribution in [3.05, 3.63) is 0 Å². The predicted molar refractivity (Wildman–Crippen MR) is 65.5 cm³/mol. The summed E-state index contributed by atoms with van der Waals surface area (Å²) in [4.78, 5) is 22.6. The van der Waals surface area contributed by atoms with Gasteiger partial charge in [-0.1, -0.05) is 26.7 Å². The fourth-order valence-corrected chi connectivity index (χ4v) is 1.14. The Bertz CT molecular complexity index is 348. The van der Waals surface area contributed by atoms with E-state index in [2.05, 4.69) is 16.6 Å². The van der Waals surface area contributed by atoms with Crippen LogP contribution < -0.4 is 10.6 Å². The third-order valence-electron chi connectivity index (χ3n) is 2.18. The molecule has 17 heavy (non-hydrogen) atoms. The maximum absolute atomic E-state index is 11.6. The van der Waals surface area contributed by atoms with Gasteiger partial charge in [-0.05, 0) is 19.3 Å². The second-order valence-corrected chi connectivity index (χ2v) is 5.51. The molecular formula is C12H20N2O3. The van der Waals surface area contributed by atoms with Crippen molar-refractivity contribution < 1.29 is 14.7 Å². The number of carbonyl (C=O) groups excluding carboxylic acids is 1. The molecule has 3 N–H and O–H groups in total. The minimum absolute atomic E-state index is 0.580. The van der Waals surface area contributed by atoms with Crippen LogP contribution in [0.3, 0.4) is 0 Å². The molecule has 0 aromatic carbocycles. The van der Waals surface area contributed by atoms with Gasteiger partial charge < -0.3 is 15.7 Å². The molecule has 0 aromatic rings. The van der Waals surface area contributed by atoms with Crippen molar-refractivity contribution in [1.29, 1.82) is 0 Å². The summed E-state index contributed by atoms with van der Waals surface area (Å²) in [6, 6.07) is -1.56. The lowest BCUT2D eigenvalue weighted by molar-refractivity contribution is -0.141. The monoisotopic (exact) mass is 240 g/mol. The summed E-state index contributed by atoms with van der Waals surface area (Å²) in [5, 5.41) is 13.9. The van der Waals surface area contributed by atoms with E-state index >= 15 is 0 Å². The van der Waals surface area contributed by atoms with Crippen molar-refractivity contribution in [3.63, 3.8) is 0 Å². The van der Waals surface area contributed by atoms with E-state index in [-0.39, 0.29) is 0 Å². The number of hydrogen-bond acceptors (Lipinski definition) is 2. The van der Waals surface area contributed by atoms with Crippen LogP contribution in [-0.2, 0) is 4.79 Å². The van der Waals surface area contributed by atoms with E-state index in [4.69, 9.17) is 11.5 Å². The average molecular weight is 240 g/mol. The second-order valence-electron chi connectivity index (χ2n) is 5.51. The molecule has 5 nitrogen and oxygen atoms in total. The molecule has 0 saturated carbocycles. The van der Waals surface area contributed by atoms with Gasteiger partial charge in [0.05, 0.1) is 5.54 Å². The van der Waals surface area contributed by atoms with Crippen molar-refractivity contribution in [2.75, 3.05) is 0 Å². The maximum Gasteiger partial charge on any atom is 0.326 e. The van der Waals surface area contributed by atoms with Gasteiger partial charge in [0.25, 0.3) is 0 Å². The number of carbonyl (C=O) groups is 2. The summed E-state index contributed by atoms with van der Waals surface area (Å²) in [7, 11) is 0. The van der Waals surface area contributed by atoms with Gasteiger partial charge in [-0.25, -0.2) is 9.59 Å². The number of nitrogens with one attached hydrogen (secondary N) is 2. The molecule has 0 spiro atoms. The van der Waals surface area contributed by atoms with Gasteiger partial charge >= 0.3 is 12.0 Å². The fourth-order valence-electron chi connectivity index (χ4n) is 1.14. The van der Waals surface area contributed by atoms with Crippen molar-refractivity contribution >= 4 is 12.0 Å². The molecule has 0 aliphatic carbocycles. The van der Waals surface area contributed by atoms with Crippen LogP contribution in [0.2, 0.25) is 0 Å². The quantitative estimate of drug-likeness (QED) is 0.648. The molecule has 96 valence electrons. The van der Waals surface area contributed by atoms with Crippen LogP contribution in [0, 0.1) is 17.8 Å². The van der Waals surface area contributed by atoms with Gasteiger partial charge in [0, 0.05) is 0 Å². The molecule has 0 aliphatic heterocycles. The smallest absolute Gasteiger partial charge is 0.326 e. The van der Waals surface area contributed by atoms with E-state index in [1.807, 2.05) is 0 Å². The number of carboxylic acids is 1. The Kier molecular flexibility index (Phi) is 4.58. The van der Waals surface area contributed by atoms with Gasteiger partial charge in [-0.2, -0.15) is 0 Å². The molecule has 2 amide bonds. The molecule has 0 rings (SSSR count). The van der Waals surface area contributed by atoms with Crippen molar-refractivity contribution in [1.82, 2.24) is 10.6 Å². The zero-order valence-corrected chi connectivity index (χ0v) is 10.9. The Balaban J connectivity index is 4.67. The van der Waals surface area contributed by atoms with Crippen LogP contribution in [0.25, 0.3) is 0 Å². The number of aliphatic carboxylic acids is 1. The normalized spacial score (nSPS) is 13.4. The van der Waals surface area contributed by atoms with Crippen LogP contribution in [0.4, 0.5) is 4.79 Å². The summed E-state index contributed by atoms with van der Waals surface area (Å²) in [6.45, 7) is 8.51. The van der Waals surface area contributed by atoms with Gasteiger partial charge in [0.15, 0.2) is 0 Å². The molecule has 5 heteroatoms. The van der Waals surface area contributed by atoms with E-state index in [1.54, 1.807) is 34.6 Å². The van der Waals surface area contributed by atoms with E-state index in [9.17, 15) is 9.59 Å². The lowest BCUT2D eigenvalue weighted by Crippen LogP contribution is -2.55. The number of amides is 2. The van der Waals surface area contributed by atoms with Crippen LogP contribution >= 0.6 is 0 Å². The largest absolute Gasteiger partial charge is 0.480 e. The highest BCUT2D eigenvalue weighted by Gasteiger charge is 2.33.